The molecule has 0 spiro atoms. The van der Waals surface area contributed by atoms with Crippen LogP contribution in [0.3, 0.4) is 0 Å². The van der Waals surface area contributed by atoms with E-state index in [2.05, 4.69) is 10.6 Å². The number of carbonyl (C=O) groups is 4. The fourth-order valence-electron chi connectivity index (χ4n) is 3.33. The van der Waals surface area contributed by atoms with Gasteiger partial charge in [-0.05, 0) is 26.8 Å². The summed E-state index contributed by atoms with van der Waals surface area (Å²) in [6, 6.07) is 12.2. The molecule has 166 valence electrons. The molecule has 2 amide bonds. The van der Waals surface area contributed by atoms with Gasteiger partial charge in [-0.2, -0.15) is 0 Å². The fraction of sp³-hybridized carbons (Fsp3) is 0.250. The number of carbonyl (C=O) groups excluding carboxylic acids is 4. The number of nitrogens with one attached hydrogen (secondary N) is 2. The summed E-state index contributed by atoms with van der Waals surface area (Å²) in [6.07, 6.45) is 0. The van der Waals surface area contributed by atoms with Gasteiger partial charge in [0.25, 0.3) is 0 Å². The van der Waals surface area contributed by atoms with E-state index in [-0.39, 0.29) is 41.4 Å². The van der Waals surface area contributed by atoms with Crippen LogP contribution in [-0.4, -0.2) is 43.0 Å². The number of amides is 2. The van der Waals surface area contributed by atoms with E-state index in [1.54, 1.807) is 44.2 Å². The minimum absolute atomic E-state index is 0.0877. The highest BCUT2D eigenvalue weighted by molar-refractivity contribution is 6.14. The van der Waals surface area contributed by atoms with E-state index < -0.39 is 24.0 Å². The molecular weight excluding hydrogens is 412 g/mol. The lowest BCUT2D eigenvalue weighted by molar-refractivity contribution is -0.139. The summed E-state index contributed by atoms with van der Waals surface area (Å²) < 4.78 is 10.4. The zero-order chi connectivity index (χ0) is 23.3. The summed E-state index contributed by atoms with van der Waals surface area (Å²) in [5, 5.41) is 5.07. The first kappa shape index (κ1) is 22.7. The number of aryl methyl sites for hydroxylation is 1. The number of urea groups is 1. The van der Waals surface area contributed by atoms with Crippen LogP contribution in [0.1, 0.15) is 45.7 Å². The van der Waals surface area contributed by atoms with Crippen LogP contribution in [0.5, 0.6) is 0 Å². The van der Waals surface area contributed by atoms with Crippen LogP contribution < -0.4 is 10.6 Å². The van der Waals surface area contributed by atoms with Gasteiger partial charge in [0.1, 0.15) is 6.61 Å². The van der Waals surface area contributed by atoms with Crippen LogP contribution in [-0.2, 0) is 14.3 Å². The Morgan fingerprint density at radius 3 is 2.25 bits per heavy atom. The largest absolute Gasteiger partial charge is 0.463 e. The van der Waals surface area contributed by atoms with E-state index in [0.717, 1.165) is 5.56 Å². The average molecular weight is 436 g/mol. The second-order valence-electron chi connectivity index (χ2n) is 7.25. The molecule has 2 aromatic carbocycles. The maximum Gasteiger partial charge on any atom is 0.339 e. The van der Waals surface area contributed by atoms with E-state index in [0.29, 0.717) is 5.56 Å². The zero-order valence-electron chi connectivity index (χ0n) is 18.1. The van der Waals surface area contributed by atoms with Gasteiger partial charge >= 0.3 is 18.0 Å². The van der Waals surface area contributed by atoms with Gasteiger partial charge in [-0.25, -0.2) is 14.4 Å². The molecule has 0 aromatic heterocycles. The summed E-state index contributed by atoms with van der Waals surface area (Å²) in [5.74, 6) is -1.68. The maximum atomic E-state index is 12.9. The molecule has 0 saturated heterocycles. The van der Waals surface area contributed by atoms with Gasteiger partial charge in [0, 0.05) is 11.1 Å². The van der Waals surface area contributed by atoms with Crippen molar-refractivity contribution in [2.24, 2.45) is 0 Å². The number of ketones is 1. The molecule has 2 aromatic rings. The third kappa shape index (κ3) is 5.03. The lowest BCUT2D eigenvalue weighted by Gasteiger charge is -2.26. The number of benzene rings is 2. The molecule has 1 aliphatic heterocycles. The van der Waals surface area contributed by atoms with E-state index in [4.69, 9.17) is 9.47 Å². The average Bonchev–Trinajstić information content (AvgIpc) is 2.77. The predicted octanol–water partition coefficient (Wildman–Crippen LogP) is 2.90. The highest BCUT2D eigenvalue weighted by Gasteiger charge is 2.30. The molecule has 0 bridgehead atoms. The molecule has 3 rings (SSSR count). The van der Waals surface area contributed by atoms with E-state index in [9.17, 15) is 19.2 Å². The molecular formula is C24H24N2O6. The van der Waals surface area contributed by atoms with Crippen molar-refractivity contribution in [3.8, 4) is 0 Å². The molecule has 2 N–H and O–H groups in total. The minimum Gasteiger partial charge on any atom is -0.463 e. The first-order valence-electron chi connectivity index (χ1n) is 10.2. The smallest absolute Gasteiger partial charge is 0.339 e. The standard InChI is InChI=1S/C24H24N2O6/c1-4-31-23(29)20-15(3)25-24(30)26-19(20)13-32-22(28)18-8-6-5-7-17(18)21(27)16-11-9-14(2)10-12-16/h5-12,15H,4,13H2,1-3H3,(H2,25,26,30). The normalized spacial score (nSPS) is 15.5. The molecule has 1 atom stereocenters. The third-order valence-corrected chi connectivity index (χ3v) is 4.92. The van der Waals surface area contributed by atoms with Gasteiger partial charge in [0.15, 0.2) is 5.78 Å². The van der Waals surface area contributed by atoms with Crippen molar-refractivity contribution >= 4 is 23.8 Å². The molecule has 0 fully saturated rings. The molecule has 32 heavy (non-hydrogen) atoms. The van der Waals surface area contributed by atoms with Gasteiger partial charge in [-0.15, -0.1) is 0 Å². The van der Waals surface area contributed by atoms with Crippen LogP contribution >= 0.6 is 0 Å². The van der Waals surface area contributed by atoms with E-state index in [1.165, 1.54) is 6.07 Å². The lowest BCUT2D eigenvalue weighted by Crippen LogP contribution is -2.50. The predicted molar refractivity (Wildman–Crippen MR) is 116 cm³/mol. The fourth-order valence-corrected chi connectivity index (χ4v) is 3.33. The Balaban J connectivity index is 1.84. The van der Waals surface area contributed by atoms with Gasteiger partial charge in [-0.1, -0.05) is 48.0 Å². The van der Waals surface area contributed by atoms with Crippen LogP contribution in [0.4, 0.5) is 4.79 Å². The Morgan fingerprint density at radius 1 is 0.938 bits per heavy atom. The Morgan fingerprint density at radius 2 is 1.59 bits per heavy atom. The summed E-state index contributed by atoms with van der Waals surface area (Å²) in [5.41, 5.74) is 2.05. The molecule has 8 heteroatoms. The summed E-state index contributed by atoms with van der Waals surface area (Å²) in [7, 11) is 0. The molecule has 1 heterocycles. The van der Waals surface area contributed by atoms with Crippen molar-refractivity contribution in [2.45, 2.75) is 26.8 Å². The quantitative estimate of drug-likeness (QED) is 0.510. The van der Waals surface area contributed by atoms with Crippen LogP contribution in [0.15, 0.2) is 59.8 Å². The SMILES string of the molecule is CCOC(=O)C1=C(COC(=O)c2ccccc2C(=O)c2ccc(C)cc2)NC(=O)NC1C. The summed E-state index contributed by atoms with van der Waals surface area (Å²) in [6.45, 7) is 5.00. The van der Waals surface area contributed by atoms with Crippen molar-refractivity contribution in [1.82, 2.24) is 10.6 Å². The Bertz CT molecular complexity index is 1090. The van der Waals surface area contributed by atoms with E-state index >= 15 is 0 Å². The Hall–Kier alpha value is -3.94. The number of hydrogen-bond acceptors (Lipinski definition) is 6. The molecule has 0 aliphatic carbocycles. The van der Waals surface area contributed by atoms with Crippen molar-refractivity contribution in [3.63, 3.8) is 0 Å². The van der Waals surface area contributed by atoms with Crippen molar-refractivity contribution in [2.75, 3.05) is 13.2 Å². The summed E-state index contributed by atoms with van der Waals surface area (Å²) in [4.78, 5) is 49.9. The maximum absolute atomic E-state index is 12.9. The van der Waals surface area contributed by atoms with E-state index in [1.807, 2.05) is 19.1 Å². The zero-order valence-corrected chi connectivity index (χ0v) is 18.1. The first-order chi connectivity index (χ1) is 15.3. The topological polar surface area (TPSA) is 111 Å². The van der Waals surface area contributed by atoms with Crippen molar-refractivity contribution < 1.29 is 28.7 Å². The molecule has 8 nitrogen and oxygen atoms in total. The monoisotopic (exact) mass is 436 g/mol. The molecule has 0 radical (unpaired) electrons. The Kier molecular flexibility index (Phi) is 7.04. The number of esters is 2. The van der Waals surface area contributed by atoms with Gasteiger partial charge in [0.05, 0.1) is 29.5 Å². The molecule has 1 aliphatic rings. The van der Waals surface area contributed by atoms with Crippen molar-refractivity contribution in [3.05, 3.63) is 82.1 Å². The first-order valence-corrected chi connectivity index (χ1v) is 10.2. The highest BCUT2D eigenvalue weighted by atomic mass is 16.5. The van der Waals surface area contributed by atoms with Crippen LogP contribution in [0.2, 0.25) is 0 Å². The van der Waals surface area contributed by atoms with Gasteiger partial charge in [-0.3, -0.25) is 4.79 Å². The van der Waals surface area contributed by atoms with Gasteiger partial charge < -0.3 is 20.1 Å². The minimum atomic E-state index is -0.753. The second kappa shape index (κ2) is 9.91. The number of rotatable bonds is 7. The Labute approximate surface area is 185 Å². The molecule has 1 unspecified atom stereocenters. The third-order valence-electron chi connectivity index (χ3n) is 4.92. The van der Waals surface area contributed by atoms with Crippen LogP contribution in [0.25, 0.3) is 0 Å². The number of ether oxygens (including phenoxy) is 2. The van der Waals surface area contributed by atoms with Gasteiger partial charge in [0.2, 0.25) is 0 Å². The number of hydrogen-bond donors (Lipinski definition) is 2. The lowest BCUT2D eigenvalue weighted by atomic mass is 9.98. The van der Waals surface area contributed by atoms with Crippen LogP contribution in [0, 0.1) is 6.92 Å². The highest BCUT2D eigenvalue weighted by Crippen LogP contribution is 2.19. The second-order valence-corrected chi connectivity index (χ2v) is 7.25. The summed E-state index contributed by atoms with van der Waals surface area (Å²) >= 11 is 0. The molecule has 0 saturated carbocycles. The van der Waals surface area contributed by atoms with Crippen molar-refractivity contribution in [1.29, 1.82) is 0 Å².